The van der Waals surface area contributed by atoms with Crippen molar-refractivity contribution in [2.75, 3.05) is 53.0 Å². The molecule has 8 heteroatoms. The highest BCUT2D eigenvalue weighted by atomic mass is 32.1. The number of hydrogen-bond donors (Lipinski definition) is 0. The largest absolute Gasteiger partial charge is 0.383 e. The van der Waals surface area contributed by atoms with Crippen LogP contribution in [0.2, 0.25) is 0 Å². The lowest BCUT2D eigenvalue weighted by Gasteiger charge is -2.35. The van der Waals surface area contributed by atoms with Crippen LogP contribution >= 0.6 is 11.3 Å². The molecule has 1 unspecified atom stereocenters. The molecule has 2 fully saturated rings. The Morgan fingerprint density at radius 3 is 2.60 bits per heavy atom. The lowest BCUT2D eigenvalue weighted by Crippen LogP contribution is -2.52. The molecule has 0 aromatic carbocycles. The van der Waals surface area contributed by atoms with Crippen molar-refractivity contribution in [2.45, 2.75) is 6.42 Å². The van der Waals surface area contributed by atoms with Crippen molar-refractivity contribution in [3.05, 3.63) is 22.4 Å². The topological polar surface area (TPSA) is 70.2 Å². The van der Waals surface area contributed by atoms with Gasteiger partial charge in [-0.05, 0) is 11.4 Å². The molecule has 1 aromatic rings. The minimum atomic E-state index is -0.274. The Morgan fingerprint density at radius 1 is 1.24 bits per heavy atom. The van der Waals surface area contributed by atoms with Crippen LogP contribution < -0.4 is 0 Å². The van der Waals surface area contributed by atoms with Crippen molar-refractivity contribution >= 4 is 29.1 Å². The van der Waals surface area contributed by atoms with Crippen molar-refractivity contribution in [1.82, 2.24) is 14.7 Å². The molecule has 2 aliphatic heterocycles. The minimum absolute atomic E-state index is 0.0157. The van der Waals surface area contributed by atoms with Crippen molar-refractivity contribution in [3.8, 4) is 0 Å². The maximum atomic E-state index is 12.7. The van der Waals surface area contributed by atoms with Gasteiger partial charge < -0.3 is 19.4 Å². The Labute approximate surface area is 151 Å². The van der Waals surface area contributed by atoms with Crippen LogP contribution in [0.1, 0.15) is 16.1 Å². The number of amides is 3. The molecular weight excluding hydrogens is 342 g/mol. The molecule has 3 rings (SSSR count). The van der Waals surface area contributed by atoms with Crippen molar-refractivity contribution in [3.63, 3.8) is 0 Å². The Bertz CT molecular complexity index is 626. The van der Waals surface area contributed by atoms with Gasteiger partial charge in [0, 0.05) is 52.8 Å². The maximum absolute atomic E-state index is 12.7. The lowest BCUT2D eigenvalue weighted by molar-refractivity contribution is -0.137. The van der Waals surface area contributed by atoms with Crippen molar-refractivity contribution in [2.24, 2.45) is 5.92 Å². The Kier molecular flexibility index (Phi) is 5.70. The van der Waals surface area contributed by atoms with Gasteiger partial charge >= 0.3 is 0 Å². The molecule has 0 bridgehead atoms. The van der Waals surface area contributed by atoms with E-state index in [4.69, 9.17) is 4.74 Å². The number of methoxy groups -OCH3 is 1. The minimum Gasteiger partial charge on any atom is -0.383 e. The van der Waals surface area contributed by atoms with E-state index in [-0.39, 0.29) is 30.1 Å². The molecule has 2 saturated heterocycles. The van der Waals surface area contributed by atoms with E-state index in [1.165, 1.54) is 11.3 Å². The number of carbonyl (C=O) groups excluding carboxylic acids is 3. The summed E-state index contributed by atoms with van der Waals surface area (Å²) in [5.74, 6) is -0.203. The molecule has 3 amide bonds. The number of nitrogens with zero attached hydrogens (tertiary/aromatic N) is 3. The van der Waals surface area contributed by atoms with Crippen LogP contribution in [0.3, 0.4) is 0 Å². The summed E-state index contributed by atoms with van der Waals surface area (Å²) in [6.07, 6.45) is 0.275. The SMILES string of the molecule is COCCN1CC(C(=O)N2CCN(C(=O)c3cccs3)CC2)CC1=O. The van der Waals surface area contributed by atoms with Gasteiger partial charge in [-0.3, -0.25) is 14.4 Å². The number of carbonyl (C=O) groups is 3. The molecule has 0 spiro atoms. The van der Waals surface area contributed by atoms with E-state index in [0.717, 1.165) is 4.88 Å². The number of thiophene rings is 1. The summed E-state index contributed by atoms with van der Waals surface area (Å²) in [5.41, 5.74) is 0. The first-order valence-electron chi connectivity index (χ1n) is 8.48. The van der Waals surface area contributed by atoms with E-state index < -0.39 is 0 Å². The molecule has 1 aromatic heterocycles. The van der Waals surface area contributed by atoms with Crippen LogP contribution in [0.15, 0.2) is 17.5 Å². The van der Waals surface area contributed by atoms with E-state index in [0.29, 0.717) is 45.9 Å². The molecular formula is C17H23N3O4S. The zero-order chi connectivity index (χ0) is 17.8. The number of hydrogen-bond acceptors (Lipinski definition) is 5. The van der Waals surface area contributed by atoms with Gasteiger partial charge in [-0.2, -0.15) is 0 Å². The number of piperazine rings is 1. The molecule has 0 aliphatic carbocycles. The molecule has 136 valence electrons. The molecule has 0 radical (unpaired) electrons. The van der Waals surface area contributed by atoms with Gasteiger partial charge in [0.15, 0.2) is 0 Å². The zero-order valence-electron chi connectivity index (χ0n) is 14.3. The number of rotatable bonds is 5. The quantitative estimate of drug-likeness (QED) is 0.763. The zero-order valence-corrected chi connectivity index (χ0v) is 15.2. The van der Waals surface area contributed by atoms with Gasteiger partial charge in [0.1, 0.15) is 0 Å². The van der Waals surface area contributed by atoms with Crippen LogP contribution in [-0.2, 0) is 14.3 Å². The van der Waals surface area contributed by atoms with Crippen LogP contribution in [-0.4, -0.2) is 85.4 Å². The van der Waals surface area contributed by atoms with Gasteiger partial charge in [0.2, 0.25) is 11.8 Å². The molecule has 3 heterocycles. The first-order chi connectivity index (χ1) is 12.1. The fourth-order valence-electron chi connectivity index (χ4n) is 3.30. The van der Waals surface area contributed by atoms with E-state index in [1.807, 2.05) is 17.5 Å². The van der Waals surface area contributed by atoms with Gasteiger partial charge in [-0.25, -0.2) is 0 Å². The standard InChI is InChI=1S/C17H23N3O4S/c1-24-9-8-20-12-13(11-15(20)21)16(22)18-4-6-19(7-5-18)17(23)14-3-2-10-25-14/h2-3,10,13H,4-9,11-12H2,1H3. The predicted octanol–water partition coefficient (Wildman–Crippen LogP) is 0.527. The van der Waals surface area contributed by atoms with Gasteiger partial charge in [0.25, 0.3) is 5.91 Å². The van der Waals surface area contributed by atoms with E-state index in [9.17, 15) is 14.4 Å². The second kappa shape index (κ2) is 7.97. The first-order valence-corrected chi connectivity index (χ1v) is 9.36. The third-order valence-electron chi connectivity index (χ3n) is 4.74. The monoisotopic (exact) mass is 365 g/mol. The summed E-state index contributed by atoms with van der Waals surface area (Å²) >= 11 is 1.43. The normalized spacial score (nSPS) is 21.1. The highest BCUT2D eigenvalue weighted by Crippen LogP contribution is 2.21. The van der Waals surface area contributed by atoms with Gasteiger partial charge in [-0.15, -0.1) is 11.3 Å². The third-order valence-corrected chi connectivity index (χ3v) is 5.60. The fourth-order valence-corrected chi connectivity index (χ4v) is 3.99. The van der Waals surface area contributed by atoms with Crippen LogP contribution in [0.5, 0.6) is 0 Å². The summed E-state index contributed by atoms with van der Waals surface area (Å²) in [6.45, 7) is 3.61. The van der Waals surface area contributed by atoms with Crippen LogP contribution in [0, 0.1) is 5.92 Å². The summed E-state index contributed by atoms with van der Waals surface area (Å²) < 4.78 is 5.00. The molecule has 2 aliphatic rings. The van der Waals surface area contributed by atoms with E-state index in [2.05, 4.69) is 0 Å². The maximum Gasteiger partial charge on any atom is 0.264 e. The highest BCUT2D eigenvalue weighted by Gasteiger charge is 2.37. The Hall–Kier alpha value is -1.93. The van der Waals surface area contributed by atoms with Crippen LogP contribution in [0.25, 0.3) is 0 Å². The van der Waals surface area contributed by atoms with E-state index >= 15 is 0 Å². The van der Waals surface area contributed by atoms with Crippen LogP contribution in [0.4, 0.5) is 0 Å². The van der Waals surface area contributed by atoms with Crippen molar-refractivity contribution in [1.29, 1.82) is 0 Å². The Morgan fingerprint density at radius 2 is 1.96 bits per heavy atom. The lowest BCUT2D eigenvalue weighted by atomic mass is 10.1. The first kappa shape index (κ1) is 17.9. The molecule has 0 N–H and O–H groups in total. The summed E-state index contributed by atoms with van der Waals surface area (Å²) in [7, 11) is 1.60. The fraction of sp³-hybridized carbons (Fsp3) is 0.588. The second-order valence-electron chi connectivity index (χ2n) is 6.33. The number of ether oxygens (including phenoxy) is 1. The smallest absolute Gasteiger partial charge is 0.264 e. The summed E-state index contributed by atoms with van der Waals surface area (Å²) in [4.78, 5) is 43.0. The molecule has 25 heavy (non-hydrogen) atoms. The van der Waals surface area contributed by atoms with Gasteiger partial charge in [0.05, 0.1) is 17.4 Å². The average molecular weight is 365 g/mol. The third kappa shape index (κ3) is 4.01. The molecule has 1 atom stereocenters. The Balaban J connectivity index is 1.50. The number of likely N-dealkylation sites (tertiary alicyclic amines) is 1. The average Bonchev–Trinajstić information content (AvgIpc) is 3.29. The highest BCUT2D eigenvalue weighted by molar-refractivity contribution is 7.12. The summed E-state index contributed by atoms with van der Waals surface area (Å²) in [5, 5.41) is 1.89. The predicted molar refractivity (Wildman–Crippen MR) is 93.4 cm³/mol. The molecule has 7 nitrogen and oxygen atoms in total. The van der Waals surface area contributed by atoms with Crippen molar-refractivity contribution < 1.29 is 19.1 Å². The van der Waals surface area contributed by atoms with Gasteiger partial charge in [-0.1, -0.05) is 6.07 Å². The summed E-state index contributed by atoms with van der Waals surface area (Å²) in [6, 6.07) is 3.69. The second-order valence-corrected chi connectivity index (χ2v) is 7.28. The van der Waals surface area contributed by atoms with E-state index in [1.54, 1.807) is 21.8 Å². The molecule has 0 saturated carbocycles.